The van der Waals surface area contributed by atoms with Crippen LogP contribution in [0.1, 0.15) is 43.9 Å². The normalized spacial score (nSPS) is 22.8. The molecule has 0 bridgehead atoms. The molecule has 0 fully saturated rings. The van der Waals surface area contributed by atoms with Gasteiger partial charge in [-0.15, -0.1) is 0 Å². The Morgan fingerprint density at radius 2 is 2.05 bits per heavy atom. The Balaban J connectivity index is 2.20. The molecule has 2 aliphatic heterocycles. The third kappa shape index (κ3) is 1.94. The zero-order valence-corrected chi connectivity index (χ0v) is 13.0. The minimum Gasteiger partial charge on any atom is -0.325 e. The fourth-order valence-electron chi connectivity index (χ4n) is 3.00. The van der Waals surface area contributed by atoms with Gasteiger partial charge in [-0.3, -0.25) is 9.59 Å². The molecule has 6 heteroatoms. The summed E-state index contributed by atoms with van der Waals surface area (Å²) in [6, 6.07) is 1.68. The zero-order chi connectivity index (χ0) is 16.2. The summed E-state index contributed by atoms with van der Waals surface area (Å²) in [6.07, 6.45) is 0.273. The lowest BCUT2D eigenvalue weighted by atomic mass is 9.82. The van der Waals surface area contributed by atoms with Crippen LogP contribution < -0.4 is 10.7 Å². The van der Waals surface area contributed by atoms with E-state index >= 15 is 0 Å². The van der Waals surface area contributed by atoms with Crippen molar-refractivity contribution in [3.8, 4) is 0 Å². The third-order valence-electron chi connectivity index (χ3n) is 4.51. The highest BCUT2D eigenvalue weighted by atomic mass is 19.1. The van der Waals surface area contributed by atoms with Crippen molar-refractivity contribution < 1.29 is 14.0 Å². The molecule has 0 spiro atoms. The number of carbonyl (C=O) groups is 2. The first-order chi connectivity index (χ1) is 10.2. The second-order valence-corrected chi connectivity index (χ2v) is 6.50. The molecule has 2 N–H and O–H groups in total. The molecule has 0 aliphatic carbocycles. The Kier molecular flexibility index (Phi) is 3.09. The van der Waals surface area contributed by atoms with Crippen molar-refractivity contribution in [3.05, 3.63) is 28.6 Å². The van der Waals surface area contributed by atoms with Gasteiger partial charge in [0.25, 0.3) is 0 Å². The molecular formula is C16H18FN3O2. The summed E-state index contributed by atoms with van der Waals surface area (Å²) < 4.78 is 14.7. The number of fused-ring (bicyclic) bond motifs is 1. The topological polar surface area (TPSA) is 70.6 Å². The third-order valence-corrected chi connectivity index (χ3v) is 4.51. The minimum absolute atomic E-state index is 0.144. The first kappa shape index (κ1) is 14.7. The summed E-state index contributed by atoms with van der Waals surface area (Å²) in [4.78, 5) is 23.5. The first-order valence-electron chi connectivity index (χ1n) is 7.25. The molecule has 0 aromatic heterocycles. The molecule has 2 heterocycles. The van der Waals surface area contributed by atoms with Gasteiger partial charge < -0.3 is 5.32 Å². The molecule has 2 amide bonds. The lowest BCUT2D eigenvalue weighted by molar-refractivity contribution is -0.122. The molecule has 116 valence electrons. The Morgan fingerprint density at radius 1 is 1.36 bits per heavy atom. The molecule has 1 aromatic carbocycles. The number of benzene rings is 1. The van der Waals surface area contributed by atoms with E-state index in [-0.39, 0.29) is 24.2 Å². The second-order valence-electron chi connectivity index (χ2n) is 6.50. The summed E-state index contributed by atoms with van der Waals surface area (Å²) in [7, 11) is 0. The summed E-state index contributed by atoms with van der Waals surface area (Å²) in [5, 5.41) is 6.78. The minimum atomic E-state index is -0.718. The Hall–Kier alpha value is -2.24. The van der Waals surface area contributed by atoms with E-state index < -0.39 is 11.2 Å². The smallest absolute Gasteiger partial charge is 0.240 e. The highest BCUT2D eigenvalue weighted by Gasteiger charge is 2.41. The van der Waals surface area contributed by atoms with Crippen LogP contribution in [0.4, 0.5) is 10.1 Å². The molecular weight excluding hydrogens is 285 g/mol. The van der Waals surface area contributed by atoms with Gasteiger partial charge in [0.15, 0.2) is 0 Å². The zero-order valence-electron chi connectivity index (χ0n) is 13.0. The van der Waals surface area contributed by atoms with E-state index in [1.807, 2.05) is 20.8 Å². The van der Waals surface area contributed by atoms with Crippen LogP contribution in [0.2, 0.25) is 0 Å². The summed E-state index contributed by atoms with van der Waals surface area (Å²) in [6.45, 7) is 7.10. The van der Waals surface area contributed by atoms with Crippen LogP contribution >= 0.6 is 0 Å². The molecule has 0 radical (unpaired) electrons. The molecule has 3 rings (SSSR count). The highest BCUT2D eigenvalue weighted by Crippen LogP contribution is 2.41. The van der Waals surface area contributed by atoms with Crippen molar-refractivity contribution >= 4 is 23.2 Å². The number of carbonyl (C=O) groups excluding carboxylic acids is 2. The highest BCUT2D eigenvalue weighted by molar-refractivity contribution is 6.10. The van der Waals surface area contributed by atoms with E-state index in [1.54, 1.807) is 13.0 Å². The van der Waals surface area contributed by atoms with E-state index in [2.05, 4.69) is 15.8 Å². The number of halogens is 1. The van der Waals surface area contributed by atoms with Gasteiger partial charge in [0.05, 0.1) is 16.8 Å². The molecule has 5 nitrogen and oxygen atoms in total. The van der Waals surface area contributed by atoms with Gasteiger partial charge >= 0.3 is 0 Å². The molecule has 1 aromatic rings. The number of rotatable bonds is 1. The van der Waals surface area contributed by atoms with E-state index in [1.165, 1.54) is 0 Å². The standard InChI is InChI=1S/C16H18FN3O2/c1-7-5-11(21)19-20-13(7)9-6-10-14(8(2)12(9)17)18-15(22)16(10,3)4/h6-7H,5H2,1-4H3,(H,18,22)(H,19,21). The van der Waals surface area contributed by atoms with Gasteiger partial charge in [-0.05, 0) is 32.4 Å². The van der Waals surface area contributed by atoms with E-state index in [0.29, 0.717) is 22.5 Å². The predicted octanol–water partition coefficient (Wildman–Crippen LogP) is 2.22. The summed E-state index contributed by atoms with van der Waals surface area (Å²) in [5.74, 6) is -0.895. The van der Waals surface area contributed by atoms with Gasteiger partial charge in [0.2, 0.25) is 11.8 Å². The maximum atomic E-state index is 14.7. The quantitative estimate of drug-likeness (QED) is 0.835. The van der Waals surface area contributed by atoms with Crippen LogP contribution in [0.15, 0.2) is 11.2 Å². The number of hydrogen-bond donors (Lipinski definition) is 2. The Bertz CT molecular complexity index is 737. The molecule has 0 saturated heterocycles. The molecule has 0 saturated carbocycles. The average molecular weight is 303 g/mol. The van der Waals surface area contributed by atoms with Crippen molar-refractivity contribution in [1.29, 1.82) is 0 Å². The van der Waals surface area contributed by atoms with Crippen LogP contribution in [-0.2, 0) is 15.0 Å². The number of hydrazone groups is 1. The fourth-order valence-corrected chi connectivity index (χ4v) is 3.00. The van der Waals surface area contributed by atoms with Crippen molar-refractivity contribution in [2.75, 3.05) is 5.32 Å². The molecule has 2 aliphatic rings. The SMILES string of the molecule is Cc1c(F)c(C2=NNC(=O)CC2C)cc2c1NC(=O)C2(C)C. The van der Waals surface area contributed by atoms with Crippen LogP contribution in [0, 0.1) is 18.7 Å². The van der Waals surface area contributed by atoms with Crippen molar-refractivity contribution in [2.45, 2.75) is 39.5 Å². The monoisotopic (exact) mass is 303 g/mol. The Labute approximate surface area is 128 Å². The fraction of sp³-hybridized carbons (Fsp3) is 0.438. The van der Waals surface area contributed by atoms with Crippen molar-refractivity contribution in [1.82, 2.24) is 5.43 Å². The van der Waals surface area contributed by atoms with Crippen LogP contribution in [0.3, 0.4) is 0 Å². The molecule has 22 heavy (non-hydrogen) atoms. The van der Waals surface area contributed by atoms with Gasteiger partial charge in [-0.1, -0.05) is 6.92 Å². The number of nitrogens with one attached hydrogen (secondary N) is 2. The predicted molar refractivity (Wildman–Crippen MR) is 81.3 cm³/mol. The van der Waals surface area contributed by atoms with Gasteiger partial charge in [-0.25, -0.2) is 9.82 Å². The Morgan fingerprint density at radius 3 is 2.68 bits per heavy atom. The maximum absolute atomic E-state index is 14.7. The number of nitrogens with zero attached hydrogens (tertiary/aromatic N) is 1. The largest absolute Gasteiger partial charge is 0.325 e. The van der Waals surface area contributed by atoms with Gasteiger partial charge in [0, 0.05) is 23.5 Å². The van der Waals surface area contributed by atoms with Crippen LogP contribution in [-0.4, -0.2) is 17.5 Å². The first-order valence-corrected chi connectivity index (χ1v) is 7.25. The number of amides is 2. The lowest BCUT2D eigenvalue weighted by Gasteiger charge is -2.22. The lowest BCUT2D eigenvalue weighted by Crippen LogP contribution is -2.33. The van der Waals surface area contributed by atoms with E-state index in [9.17, 15) is 14.0 Å². The number of anilines is 1. The maximum Gasteiger partial charge on any atom is 0.240 e. The number of hydrogen-bond acceptors (Lipinski definition) is 3. The van der Waals surface area contributed by atoms with Gasteiger partial charge in [0.1, 0.15) is 5.82 Å². The summed E-state index contributed by atoms with van der Waals surface area (Å²) >= 11 is 0. The van der Waals surface area contributed by atoms with E-state index in [4.69, 9.17) is 0 Å². The molecule has 1 unspecified atom stereocenters. The van der Waals surface area contributed by atoms with E-state index in [0.717, 1.165) is 5.56 Å². The molecule has 1 atom stereocenters. The van der Waals surface area contributed by atoms with Gasteiger partial charge in [-0.2, -0.15) is 5.10 Å². The summed E-state index contributed by atoms with van der Waals surface area (Å²) in [5.41, 5.74) is 4.26. The van der Waals surface area contributed by atoms with Crippen LogP contribution in [0.25, 0.3) is 0 Å². The van der Waals surface area contributed by atoms with Crippen LogP contribution in [0.5, 0.6) is 0 Å². The van der Waals surface area contributed by atoms with Crippen molar-refractivity contribution in [3.63, 3.8) is 0 Å². The average Bonchev–Trinajstić information content (AvgIpc) is 2.66. The van der Waals surface area contributed by atoms with Crippen molar-refractivity contribution in [2.24, 2.45) is 11.0 Å². The second kappa shape index (κ2) is 4.63.